The van der Waals surface area contributed by atoms with Crippen LogP contribution < -0.4 is 15.4 Å². The number of para-hydroxylation sites is 1. The third-order valence-electron chi connectivity index (χ3n) is 3.52. The van der Waals surface area contributed by atoms with Gasteiger partial charge in [0.1, 0.15) is 11.5 Å². The monoisotopic (exact) mass is 361 g/mol. The summed E-state index contributed by atoms with van der Waals surface area (Å²) in [6.45, 7) is 4.87. The second-order valence-electron chi connectivity index (χ2n) is 5.38. The van der Waals surface area contributed by atoms with Crippen molar-refractivity contribution in [2.24, 2.45) is 4.99 Å². The van der Waals surface area contributed by atoms with E-state index in [1.807, 2.05) is 49.0 Å². The van der Waals surface area contributed by atoms with Crippen LogP contribution in [0, 0.1) is 0 Å². The minimum Gasteiger partial charge on any atom is -0.494 e. The van der Waals surface area contributed by atoms with Crippen LogP contribution in [-0.2, 0) is 13.0 Å². The Morgan fingerprint density at radius 1 is 1.16 bits per heavy atom. The number of thioether (sulfide) groups is 1. The van der Waals surface area contributed by atoms with Gasteiger partial charge >= 0.3 is 0 Å². The maximum absolute atomic E-state index is 5.67. The molecule has 0 bridgehead atoms. The Kier molecular flexibility index (Phi) is 8.83. The standard InChI is InChI=1S/C19H27N3O2S/c1-3-23-18-9-5-4-7-16(18)15-22-19(21-12-14-25-2)20-11-10-17-8-6-13-24-17/h4-9,13H,3,10-12,14-15H2,1-2H3,(H2,20,21,22). The largest absolute Gasteiger partial charge is 0.494 e. The molecular formula is C19H27N3O2S. The van der Waals surface area contributed by atoms with Gasteiger partial charge in [0.15, 0.2) is 5.96 Å². The van der Waals surface area contributed by atoms with Gasteiger partial charge in [-0.3, -0.25) is 0 Å². The van der Waals surface area contributed by atoms with Crippen LogP contribution in [0.15, 0.2) is 52.1 Å². The molecule has 0 aliphatic carbocycles. The van der Waals surface area contributed by atoms with Gasteiger partial charge in [0.2, 0.25) is 0 Å². The van der Waals surface area contributed by atoms with E-state index < -0.39 is 0 Å². The number of rotatable bonds is 10. The molecule has 136 valence electrons. The van der Waals surface area contributed by atoms with Crippen molar-refractivity contribution in [2.75, 3.05) is 31.7 Å². The summed E-state index contributed by atoms with van der Waals surface area (Å²) in [6, 6.07) is 11.9. The maximum Gasteiger partial charge on any atom is 0.191 e. The van der Waals surface area contributed by atoms with Crippen LogP contribution in [0.2, 0.25) is 0 Å². The molecule has 0 radical (unpaired) electrons. The summed E-state index contributed by atoms with van der Waals surface area (Å²) in [4.78, 5) is 4.70. The zero-order valence-electron chi connectivity index (χ0n) is 15.0. The molecule has 0 amide bonds. The van der Waals surface area contributed by atoms with E-state index in [2.05, 4.69) is 23.0 Å². The van der Waals surface area contributed by atoms with Crippen molar-refractivity contribution < 1.29 is 9.15 Å². The first-order chi connectivity index (χ1) is 12.3. The van der Waals surface area contributed by atoms with E-state index in [-0.39, 0.29) is 0 Å². The van der Waals surface area contributed by atoms with Gasteiger partial charge in [0.25, 0.3) is 0 Å². The average molecular weight is 362 g/mol. The molecule has 2 aromatic rings. The van der Waals surface area contributed by atoms with E-state index in [1.54, 1.807) is 6.26 Å². The summed E-state index contributed by atoms with van der Waals surface area (Å²) in [5, 5.41) is 6.74. The number of nitrogens with zero attached hydrogens (tertiary/aromatic N) is 1. The summed E-state index contributed by atoms with van der Waals surface area (Å²) in [7, 11) is 0. The predicted octanol–water partition coefficient (Wildman–Crippen LogP) is 3.32. The number of guanidine groups is 1. The molecule has 1 aromatic carbocycles. The highest BCUT2D eigenvalue weighted by atomic mass is 32.2. The molecule has 6 heteroatoms. The Labute approximate surface area is 154 Å². The summed E-state index contributed by atoms with van der Waals surface area (Å²) < 4.78 is 11.0. The van der Waals surface area contributed by atoms with Crippen molar-refractivity contribution in [3.8, 4) is 5.75 Å². The molecular weight excluding hydrogens is 334 g/mol. The fourth-order valence-corrected chi connectivity index (χ4v) is 2.61. The first-order valence-electron chi connectivity index (χ1n) is 8.57. The summed E-state index contributed by atoms with van der Waals surface area (Å²) >= 11 is 1.81. The van der Waals surface area contributed by atoms with Gasteiger partial charge in [-0.25, -0.2) is 4.99 Å². The average Bonchev–Trinajstić information content (AvgIpc) is 3.14. The third kappa shape index (κ3) is 7.13. The van der Waals surface area contributed by atoms with Crippen LogP contribution in [-0.4, -0.2) is 37.7 Å². The van der Waals surface area contributed by atoms with E-state index in [4.69, 9.17) is 14.1 Å². The normalized spacial score (nSPS) is 11.4. The number of benzene rings is 1. The van der Waals surface area contributed by atoms with E-state index >= 15 is 0 Å². The van der Waals surface area contributed by atoms with Gasteiger partial charge in [-0.05, 0) is 31.4 Å². The second kappa shape index (κ2) is 11.5. The van der Waals surface area contributed by atoms with Crippen LogP contribution in [0.3, 0.4) is 0 Å². The van der Waals surface area contributed by atoms with Gasteiger partial charge < -0.3 is 19.8 Å². The van der Waals surface area contributed by atoms with Crippen molar-refractivity contribution in [2.45, 2.75) is 19.9 Å². The number of furan rings is 1. The van der Waals surface area contributed by atoms with Crippen LogP contribution in [0.1, 0.15) is 18.2 Å². The minimum atomic E-state index is 0.575. The lowest BCUT2D eigenvalue weighted by Gasteiger charge is -2.13. The number of hydrogen-bond acceptors (Lipinski definition) is 4. The Bertz CT molecular complexity index is 629. The van der Waals surface area contributed by atoms with Crippen molar-refractivity contribution >= 4 is 17.7 Å². The molecule has 0 atom stereocenters. The van der Waals surface area contributed by atoms with Crippen LogP contribution in [0.25, 0.3) is 0 Å². The molecule has 0 fully saturated rings. The van der Waals surface area contributed by atoms with Crippen LogP contribution >= 0.6 is 11.8 Å². The lowest BCUT2D eigenvalue weighted by atomic mass is 10.2. The fourth-order valence-electron chi connectivity index (χ4n) is 2.30. The SMILES string of the molecule is CCOc1ccccc1CN=C(NCCSC)NCCc1ccco1. The van der Waals surface area contributed by atoms with E-state index in [0.29, 0.717) is 13.2 Å². The third-order valence-corrected chi connectivity index (χ3v) is 4.13. The van der Waals surface area contributed by atoms with Gasteiger partial charge in [-0.2, -0.15) is 11.8 Å². The Morgan fingerprint density at radius 2 is 2.00 bits per heavy atom. The molecule has 0 spiro atoms. The van der Waals surface area contributed by atoms with Gasteiger partial charge in [-0.1, -0.05) is 18.2 Å². The first kappa shape index (κ1) is 19.2. The first-order valence-corrected chi connectivity index (χ1v) is 9.97. The number of ether oxygens (including phenoxy) is 1. The number of hydrogen-bond donors (Lipinski definition) is 2. The lowest BCUT2D eigenvalue weighted by Crippen LogP contribution is -2.39. The second-order valence-corrected chi connectivity index (χ2v) is 6.37. The fraction of sp³-hybridized carbons (Fsp3) is 0.421. The predicted molar refractivity (Wildman–Crippen MR) is 106 cm³/mol. The quantitative estimate of drug-likeness (QED) is 0.386. The highest BCUT2D eigenvalue weighted by Crippen LogP contribution is 2.18. The van der Waals surface area contributed by atoms with E-state index in [1.165, 1.54) is 0 Å². The van der Waals surface area contributed by atoms with Gasteiger partial charge in [-0.15, -0.1) is 0 Å². The van der Waals surface area contributed by atoms with Crippen molar-refractivity contribution in [3.63, 3.8) is 0 Å². The number of nitrogens with one attached hydrogen (secondary N) is 2. The zero-order chi connectivity index (χ0) is 17.7. The van der Waals surface area contributed by atoms with Crippen molar-refractivity contribution in [3.05, 3.63) is 54.0 Å². The molecule has 0 aliphatic rings. The van der Waals surface area contributed by atoms with Crippen LogP contribution in [0.5, 0.6) is 5.75 Å². The summed E-state index contributed by atoms with van der Waals surface area (Å²) in [6.07, 6.45) is 4.62. The summed E-state index contributed by atoms with van der Waals surface area (Å²) in [5.74, 6) is 3.71. The molecule has 1 aromatic heterocycles. The molecule has 1 heterocycles. The Hall–Kier alpha value is -2.08. The molecule has 0 unspecified atom stereocenters. The molecule has 2 rings (SSSR count). The van der Waals surface area contributed by atoms with E-state index in [9.17, 15) is 0 Å². The molecule has 25 heavy (non-hydrogen) atoms. The molecule has 0 aliphatic heterocycles. The summed E-state index contributed by atoms with van der Waals surface area (Å²) in [5.41, 5.74) is 1.08. The highest BCUT2D eigenvalue weighted by molar-refractivity contribution is 7.98. The minimum absolute atomic E-state index is 0.575. The van der Waals surface area contributed by atoms with Gasteiger partial charge in [0.05, 0.1) is 19.4 Å². The topological polar surface area (TPSA) is 58.8 Å². The lowest BCUT2D eigenvalue weighted by molar-refractivity contribution is 0.336. The van der Waals surface area contributed by atoms with Crippen molar-refractivity contribution in [1.82, 2.24) is 10.6 Å². The Morgan fingerprint density at radius 3 is 2.76 bits per heavy atom. The zero-order valence-corrected chi connectivity index (χ0v) is 15.8. The van der Waals surface area contributed by atoms with Crippen LogP contribution in [0.4, 0.5) is 0 Å². The van der Waals surface area contributed by atoms with Gasteiger partial charge in [0, 0.05) is 30.8 Å². The molecule has 0 saturated heterocycles. The Balaban J connectivity index is 1.94. The molecule has 0 saturated carbocycles. The maximum atomic E-state index is 5.67. The molecule has 5 nitrogen and oxygen atoms in total. The van der Waals surface area contributed by atoms with E-state index in [0.717, 1.165) is 48.3 Å². The van der Waals surface area contributed by atoms with Crippen molar-refractivity contribution in [1.29, 1.82) is 0 Å². The number of aliphatic imine (C=N–C) groups is 1. The smallest absolute Gasteiger partial charge is 0.191 e. The highest BCUT2D eigenvalue weighted by Gasteiger charge is 2.04. The molecule has 2 N–H and O–H groups in total.